The van der Waals surface area contributed by atoms with E-state index in [1.54, 1.807) is 83.1 Å². The van der Waals surface area contributed by atoms with Gasteiger partial charge in [-0.15, -0.1) is 0 Å². The van der Waals surface area contributed by atoms with Gasteiger partial charge in [0.05, 0.1) is 22.5 Å². The van der Waals surface area contributed by atoms with E-state index in [-0.39, 0.29) is 26.2 Å². The van der Waals surface area contributed by atoms with E-state index in [1.807, 2.05) is 0 Å². The van der Waals surface area contributed by atoms with Crippen LogP contribution in [0.15, 0.2) is 63.5 Å². The van der Waals surface area contributed by atoms with Crippen molar-refractivity contribution in [1.82, 2.24) is 0 Å². The number of carbonyl (C=O) groups excluding carboxylic acids is 6. The van der Waals surface area contributed by atoms with Crippen molar-refractivity contribution in [3.8, 4) is 0 Å². The van der Waals surface area contributed by atoms with Crippen LogP contribution in [0.5, 0.6) is 0 Å². The van der Waals surface area contributed by atoms with E-state index in [0.717, 1.165) is 0 Å². The van der Waals surface area contributed by atoms with Gasteiger partial charge in [-0.25, -0.2) is 28.8 Å². The van der Waals surface area contributed by atoms with Crippen molar-refractivity contribution in [2.24, 2.45) is 20.4 Å². The van der Waals surface area contributed by atoms with E-state index < -0.39 is 23.7 Å². The number of anilines is 3. The first-order valence-electron chi connectivity index (χ1n) is 14.8. The van der Waals surface area contributed by atoms with E-state index in [4.69, 9.17) is 14.2 Å². The van der Waals surface area contributed by atoms with Gasteiger partial charge < -0.3 is 14.2 Å². The third-order valence-electron chi connectivity index (χ3n) is 7.72. The molecule has 3 aromatic carbocycles. The minimum atomic E-state index is -1.22. The summed E-state index contributed by atoms with van der Waals surface area (Å²) in [7, 11) is 0. The van der Waals surface area contributed by atoms with Crippen LogP contribution in [0.25, 0.3) is 0 Å². The van der Waals surface area contributed by atoms with E-state index in [2.05, 4.69) is 30.9 Å². The molecule has 0 spiro atoms. The molecule has 0 radical (unpaired) electrons. The van der Waals surface area contributed by atoms with E-state index in [1.165, 1.54) is 18.2 Å². The van der Waals surface area contributed by atoms with Crippen LogP contribution >= 0.6 is 0 Å². The zero-order chi connectivity index (χ0) is 36.0. The zero-order valence-corrected chi connectivity index (χ0v) is 27.5. The number of nitrogens with zero attached hydrogens (tertiary/aromatic N) is 3. The van der Waals surface area contributed by atoms with Crippen molar-refractivity contribution in [1.29, 1.82) is 0 Å². The lowest BCUT2D eigenvalue weighted by atomic mass is 9.88. The summed E-state index contributed by atoms with van der Waals surface area (Å²) in [6.45, 7) is 7.37. The van der Waals surface area contributed by atoms with Gasteiger partial charge in [0.1, 0.15) is 19.8 Å². The highest BCUT2D eigenvalue weighted by Crippen LogP contribution is 2.31. The van der Waals surface area contributed by atoms with E-state index in [9.17, 15) is 28.8 Å². The number of nitrogens with one attached hydrogen (secondary N) is 3. The predicted molar refractivity (Wildman–Crippen MR) is 179 cm³/mol. The molecule has 0 saturated heterocycles. The van der Waals surface area contributed by atoms with Gasteiger partial charge in [0, 0.05) is 17.1 Å². The van der Waals surface area contributed by atoms with Gasteiger partial charge in [0.15, 0.2) is 0 Å². The summed E-state index contributed by atoms with van der Waals surface area (Å²) in [5.74, 6) is 0. The molecule has 3 rings (SSSR count). The maximum absolute atomic E-state index is 12.9. The molecule has 0 atom stereocenters. The van der Waals surface area contributed by atoms with Crippen molar-refractivity contribution >= 4 is 70.6 Å². The Balaban J connectivity index is 1.79. The summed E-state index contributed by atoms with van der Waals surface area (Å²) < 4.78 is 16.6. The molecule has 0 heterocycles. The van der Waals surface area contributed by atoms with Crippen molar-refractivity contribution in [3.05, 3.63) is 70.8 Å². The third-order valence-corrected chi connectivity index (χ3v) is 7.72. The van der Waals surface area contributed by atoms with Crippen LogP contribution in [0.1, 0.15) is 35.6 Å². The van der Waals surface area contributed by atoms with Gasteiger partial charge in [-0.1, -0.05) is 25.1 Å². The first kappa shape index (κ1) is 37.1. The Hall–Kier alpha value is -6.39. The number of amides is 3. The molecule has 3 N–H and O–H groups in total. The topological polar surface area (TPSA) is 203 Å². The third kappa shape index (κ3) is 10.0. The molecule has 0 fully saturated rings. The fourth-order valence-electron chi connectivity index (χ4n) is 4.57. The van der Waals surface area contributed by atoms with E-state index >= 15 is 0 Å². The van der Waals surface area contributed by atoms with Crippen LogP contribution in [0.2, 0.25) is 0 Å². The van der Waals surface area contributed by atoms with Gasteiger partial charge in [0.25, 0.3) is 0 Å². The van der Waals surface area contributed by atoms with Crippen molar-refractivity contribution < 1.29 is 43.0 Å². The summed E-state index contributed by atoms with van der Waals surface area (Å²) >= 11 is 0. The fraction of sp³-hybridized carbons (Fsp3) is 0.294. The Morgan fingerprint density at radius 3 is 1.41 bits per heavy atom. The van der Waals surface area contributed by atoms with Gasteiger partial charge in [-0.05, 0) is 86.7 Å². The number of isocyanates is 3. The Labute approximate surface area is 281 Å². The Morgan fingerprint density at radius 2 is 1.02 bits per heavy atom. The molecule has 254 valence electrons. The van der Waals surface area contributed by atoms with Crippen LogP contribution in [0.4, 0.5) is 48.5 Å². The smallest absolute Gasteiger partial charge is 0.411 e. The molecular weight excluding hydrogens is 636 g/mol. The normalized spacial score (nSPS) is 11.3. The maximum atomic E-state index is 12.9. The number of hydrogen-bond donors (Lipinski definition) is 3. The molecule has 3 amide bonds. The lowest BCUT2D eigenvalue weighted by Crippen LogP contribution is -2.40. The van der Waals surface area contributed by atoms with Crippen molar-refractivity contribution in [2.45, 2.75) is 41.0 Å². The lowest BCUT2D eigenvalue weighted by Gasteiger charge is -2.31. The second kappa shape index (κ2) is 17.5. The Bertz CT molecular complexity index is 1790. The molecule has 0 unspecified atom stereocenters. The molecular formula is C34H34N6O9. The highest BCUT2D eigenvalue weighted by molar-refractivity contribution is 5.89. The number of hydrogen-bond acceptors (Lipinski definition) is 12. The molecule has 3 aromatic rings. The number of carbonyl (C=O) groups is 3. The summed E-state index contributed by atoms with van der Waals surface area (Å²) in [5, 5.41) is 7.78. The molecule has 0 aliphatic heterocycles. The highest BCUT2D eigenvalue weighted by atomic mass is 16.6. The molecule has 0 aliphatic rings. The van der Waals surface area contributed by atoms with Crippen LogP contribution in [-0.4, -0.2) is 56.3 Å². The van der Waals surface area contributed by atoms with Gasteiger partial charge in [-0.2, -0.15) is 15.0 Å². The molecule has 15 heteroatoms. The standard InChI is InChI=1S/C34H34N6O9/c1-6-34(15-47-31(44)38-27-11-7-9-25(22(27)3)35-18-41,16-48-32(45)39-28-12-8-10-26(23(28)4)36-19-42)17-49-33(46)40-29-14-13-21(2)30(24(29)5)37-20-43/h7-14H,6,15-17H2,1-5H3,(H,38,44)(H,39,45)(H,40,46). The second-order valence-electron chi connectivity index (χ2n) is 10.9. The summed E-state index contributed by atoms with van der Waals surface area (Å²) in [6.07, 6.45) is 2.02. The monoisotopic (exact) mass is 670 g/mol. The first-order valence-corrected chi connectivity index (χ1v) is 14.8. The molecule has 15 nitrogen and oxygen atoms in total. The van der Waals surface area contributed by atoms with Gasteiger partial charge in [-0.3, -0.25) is 16.0 Å². The Kier molecular flexibility index (Phi) is 13.2. The average molecular weight is 671 g/mol. The Morgan fingerprint density at radius 1 is 0.612 bits per heavy atom. The summed E-state index contributed by atoms with van der Waals surface area (Å²) in [6, 6.07) is 12.8. The molecule has 0 aliphatic carbocycles. The lowest BCUT2D eigenvalue weighted by molar-refractivity contribution is -0.0104. The predicted octanol–water partition coefficient (Wildman–Crippen LogP) is 7.26. The molecule has 0 saturated carbocycles. The number of ether oxygens (including phenoxy) is 3. The fourth-order valence-corrected chi connectivity index (χ4v) is 4.57. The summed E-state index contributed by atoms with van der Waals surface area (Å²) in [4.78, 5) is 81.9. The minimum Gasteiger partial charge on any atom is -0.448 e. The van der Waals surface area contributed by atoms with E-state index in [0.29, 0.717) is 56.4 Å². The van der Waals surface area contributed by atoms with Crippen LogP contribution in [0, 0.1) is 33.1 Å². The SMILES string of the molecule is CCC(COC(=O)Nc1cccc(N=C=O)c1C)(COC(=O)Nc1cccc(N=C=O)c1C)COC(=O)Nc1ccc(C)c(N=C=O)c1C. The molecule has 0 aromatic heterocycles. The maximum Gasteiger partial charge on any atom is 0.411 e. The zero-order valence-electron chi connectivity index (χ0n) is 27.5. The number of benzene rings is 3. The first-order chi connectivity index (χ1) is 23.5. The van der Waals surface area contributed by atoms with Crippen LogP contribution < -0.4 is 16.0 Å². The van der Waals surface area contributed by atoms with Crippen LogP contribution in [-0.2, 0) is 28.6 Å². The van der Waals surface area contributed by atoms with Gasteiger partial charge >= 0.3 is 18.3 Å². The largest absolute Gasteiger partial charge is 0.448 e. The van der Waals surface area contributed by atoms with Crippen LogP contribution in [0.3, 0.4) is 0 Å². The molecule has 49 heavy (non-hydrogen) atoms. The average Bonchev–Trinajstić information content (AvgIpc) is 3.08. The number of rotatable bonds is 13. The summed E-state index contributed by atoms with van der Waals surface area (Å²) in [5.41, 5.74) is 2.95. The quantitative estimate of drug-likeness (QED) is 0.0949. The number of aryl methyl sites for hydroxylation is 1. The molecule has 0 bridgehead atoms. The second-order valence-corrected chi connectivity index (χ2v) is 10.9. The van der Waals surface area contributed by atoms with Crippen molar-refractivity contribution in [3.63, 3.8) is 0 Å². The van der Waals surface area contributed by atoms with Crippen molar-refractivity contribution in [2.75, 3.05) is 35.8 Å². The van der Waals surface area contributed by atoms with Gasteiger partial charge in [0.2, 0.25) is 18.2 Å². The highest BCUT2D eigenvalue weighted by Gasteiger charge is 2.35. The minimum absolute atomic E-state index is 0.216. The number of aliphatic imine (C=N–C) groups is 3.